The lowest BCUT2D eigenvalue weighted by molar-refractivity contribution is -0.126. The molecular formula is C9H18N2O3. The van der Waals surface area contributed by atoms with E-state index in [0.717, 1.165) is 0 Å². The second-order valence-electron chi connectivity index (χ2n) is 3.63. The molecular weight excluding hydrogens is 184 g/mol. The molecule has 0 aromatic carbocycles. The van der Waals surface area contributed by atoms with E-state index in [0.29, 0.717) is 13.2 Å². The molecule has 1 heterocycles. The summed E-state index contributed by atoms with van der Waals surface area (Å²) in [4.78, 5) is 11.6. The van der Waals surface area contributed by atoms with E-state index in [4.69, 9.17) is 9.84 Å². The molecule has 5 heteroatoms. The Morgan fingerprint density at radius 3 is 2.93 bits per heavy atom. The Bertz CT molecular complexity index is 198. The van der Waals surface area contributed by atoms with Gasteiger partial charge in [-0.25, -0.2) is 0 Å². The summed E-state index contributed by atoms with van der Waals surface area (Å²) in [6.07, 6.45) is 0. The highest BCUT2D eigenvalue weighted by atomic mass is 16.5. The molecule has 3 N–H and O–H groups in total. The molecule has 1 fully saturated rings. The number of hydrogen-bond acceptors (Lipinski definition) is 4. The summed E-state index contributed by atoms with van der Waals surface area (Å²) >= 11 is 0. The van der Waals surface area contributed by atoms with Crippen molar-refractivity contribution in [3.05, 3.63) is 0 Å². The standard InChI is InChI=1S/C9H18N2O3/c1-6(3-12)11-9(13)7-4-14-5-8(7)10-2/h6-8,10,12H,3-5H2,1-2H3,(H,11,13)/t6-,7?,8?/m1/s1. The maximum absolute atomic E-state index is 11.6. The van der Waals surface area contributed by atoms with Crippen LogP contribution in [0.1, 0.15) is 6.92 Å². The van der Waals surface area contributed by atoms with Crippen LogP contribution in [0.3, 0.4) is 0 Å². The van der Waals surface area contributed by atoms with E-state index in [1.165, 1.54) is 0 Å². The Morgan fingerprint density at radius 1 is 1.64 bits per heavy atom. The average molecular weight is 202 g/mol. The summed E-state index contributed by atoms with van der Waals surface area (Å²) in [6.45, 7) is 2.75. The molecule has 0 aliphatic carbocycles. The second kappa shape index (κ2) is 5.29. The summed E-state index contributed by atoms with van der Waals surface area (Å²) < 4.78 is 5.21. The molecule has 0 saturated carbocycles. The van der Waals surface area contributed by atoms with E-state index in [1.807, 2.05) is 7.05 Å². The van der Waals surface area contributed by atoms with E-state index in [2.05, 4.69) is 10.6 Å². The van der Waals surface area contributed by atoms with Crippen molar-refractivity contribution >= 4 is 5.91 Å². The predicted molar refractivity (Wildman–Crippen MR) is 51.8 cm³/mol. The van der Waals surface area contributed by atoms with Gasteiger partial charge in [-0.15, -0.1) is 0 Å². The van der Waals surface area contributed by atoms with E-state index in [9.17, 15) is 4.79 Å². The van der Waals surface area contributed by atoms with Crippen LogP contribution in [0.4, 0.5) is 0 Å². The van der Waals surface area contributed by atoms with Crippen LogP contribution < -0.4 is 10.6 Å². The molecule has 1 rings (SSSR count). The van der Waals surface area contributed by atoms with Crippen LogP contribution in [0, 0.1) is 5.92 Å². The van der Waals surface area contributed by atoms with Gasteiger partial charge in [0.25, 0.3) is 0 Å². The number of likely N-dealkylation sites (N-methyl/N-ethyl adjacent to an activating group) is 1. The van der Waals surface area contributed by atoms with Crippen molar-refractivity contribution in [2.24, 2.45) is 5.92 Å². The largest absolute Gasteiger partial charge is 0.394 e. The monoisotopic (exact) mass is 202 g/mol. The molecule has 0 radical (unpaired) electrons. The average Bonchev–Trinajstić information content (AvgIpc) is 2.65. The maximum Gasteiger partial charge on any atom is 0.227 e. The van der Waals surface area contributed by atoms with Crippen molar-refractivity contribution in [1.82, 2.24) is 10.6 Å². The first-order chi connectivity index (χ1) is 6.69. The van der Waals surface area contributed by atoms with Crippen molar-refractivity contribution in [2.75, 3.05) is 26.9 Å². The number of carbonyl (C=O) groups is 1. The fourth-order valence-electron chi connectivity index (χ4n) is 1.49. The highest BCUT2D eigenvalue weighted by Gasteiger charge is 2.33. The van der Waals surface area contributed by atoms with Crippen LogP contribution in [-0.2, 0) is 9.53 Å². The zero-order valence-electron chi connectivity index (χ0n) is 8.62. The molecule has 0 aromatic heterocycles. The summed E-state index contributed by atoms with van der Waals surface area (Å²) in [5.74, 6) is -0.197. The number of ether oxygens (including phenoxy) is 1. The number of rotatable bonds is 4. The van der Waals surface area contributed by atoms with E-state index in [-0.39, 0.29) is 30.5 Å². The minimum atomic E-state index is -0.194. The Hall–Kier alpha value is -0.650. The molecule has 2 unspecified atom stereocenters. The zero-order chi connectivity index (χ0) is 10.6. The zero-order valence-corrected chi connectivity index (χ0v) is 8.62. The molecule has 82 valence electrons. The molecule has 1 saturated heterocycles. The third-order valence-corrected chi connectivity index (χ3v) is 2.45. The van der Waals surface area contributed by atoms with Crippen molar-refractivity contribution in [3.8, 4) is 0 Å². The predicted octanol–water partition coefficient (Wildman–Crippen LogP) is -1.28. The van der Waals surface area contributed by atoms with Crippen LogP contribution in [0.2, 0.25) is 0 Å². The molecule has 1 amide bonds. The van der Waals surface area contributed by atoms with Crippen molar-refractivity contribution in [3.63, 3.8) is 0 Å². The molecule has 3 atom stereocenters. The van der Waals surface area contributed by atoms with Gasteiger partial charge in [-0.05, 0) is 14.0 Å². The van der Waals surface area contributed by atoms with E-state index in [1.54, 1.807) is 6.92 Å². The number of nitrogens with one attached hydrogen (secondary N) is 2. The lowest BCUT2D eigenvalue weighted by Crippen LogP contribution is -2.46. The molecule has 14 heavy (non-hydrogen) atoms. The second-order valence-corrected chi connectivity index (χ2v) is 3.63. The van der Waals surface area contributed by atoms with Crippen LogP contribution >= 0.6 is 0 Å². The molecule has 1 aliphatic heterocycles. The lowest BCUT2D eigenvalue weighted by Gasteiger charge is -2.18. The van der Waals surface area contributed by atoms with Gasteiger partial charge in [-0.1, -0.05) is 0 Å². The van der Waals surface area contributed by atoms with Gasteiger partial charge in [0.2, 0.25) is 5.91 Å². The Balaban J connectivity index is 2.43. The molecule has 0 aromatic rings. The van der Waals surface area contributed by atoms with Gasteiger partial charge < -0.3 is 20.5 Å². The fraction of sp³-hybridized carbons (Fsp3) is 0.889. The summed E-state index contributed by atoms with van der Waals surface area (Å²) in [5.41, 5.74) is 0. The van der Waals surface area contributed by atoms with Gasteiger partial charge in [0.1, 0.15) is 0 Å². The molecule has 1 aliphatic rings. The highest BCUT2D eigenvalue weighted by molar-refractivity contribution is 5.80. The van der Waals surface area contributed by atoms with Gasteiger partial charge in [-0.3, -0.25) is 4.79 Å². The number of aliphatic hydroxyl groups is 1. The molecule has 0 bridgehead atoms. The lowest BCUT2D eigenvalue weighted by atomic mass is 10.0. The number of hydrogen-bond donors (Lipinski definition) is 3. The SMILES string of the molecule is CNC1COCC1C(=O)N[C@H](C)CO. The van der Waals surface area contributed by atoms with E-state index >= 15 is 0 Å². The van der Waals surface area contributed by atoms with Crippen LogP contribution in [-0.4, -0.2) is 50.0 Å². The summed E-state index contributed by atoms with van der Waals surface area (Å²) in [7, 11) is 1.81. The van der Waals surface area contributed by atoms with Crippen molar-refractivity contribution in [1.29, 1.82) is 0 Å². The highest BCUT2D eigenvalue weighted by Crippen LogP contribution is 2.13. The topological polar surface area (TPSA) is 70.6 Å². The third-order valence-electron chi connectivity index (χ3n) is 2.45. The van der Waals surface area contributed by atoms with Crippen LogP contribution in [0.5, 0.6) is 0 Å². The smallest absolute Gasteiger partial charge is 0.227 e. The molecule has 0 spiro atoms. The number of carbonyl (C=O) groups excluding carboxylic acids is 1. The van der Waals surface area contributed by atoms with Gasteiger partial charge in [0, 0.05) is 12.1 Å². The minimum Gasteiger partial charge on any atom is -0.394 e. The quantitative estimate of drug-likeness (QED) is 0.531. The van der Waals surface area contributed by atoms with Crippen molar-refractivity contribution in [2.45, 2.75) is 19.0 Å². The van der Waals surface area contributed by atoms with Gasteiger partial charge in [0.15, 0.2) is 0 Å². The first kappa shape index (κ1) is 11.4. The van der Waals surface area contributed by atoms with Gasteiger partial charge in [-0.2, -0.15) is 0 Å². The van der Waals surface area contributed by atoms with Crippen LogP contribution in [0.15, 0.2) is 0 Å². The first-order valence-corrected chi connectivity index (χ1v) is 4.85. The normalized spacial score (nSPS) is 28.8. The van der Waals surface area contributed by atoms with Crippen molar-refractivity contribution < 1.29 is 14.6 Å². The third kappa shape index (κ3) is 2.67. The summed E-state index contributed by atoms with van der Waals surface area (Å²) in [6, 6.07) is -0.110. The molecule has 5 nitrogen and oxygen atoms in total. The number of aliphatic hydroxyl groups excluding tert-OH is 1. The first-order valence-electron chi connectivity index (χ1n) is 4.85. The Labute approximate surface area is 83.8 Å². The Morgan fingerprint density at radius 2 is 2.36 bits per heavy atom. The Kier molecular flexibility index (Phi) is 4.31. The summed E-state index contributed by atoms with van der Waals surface area (Å²) in [5, 5.41) is 14.6. The van der Waals surface area contributed by atoms with Gasteiger partial charge >= 0.3 is 0 Å². The minimum absolute atomic E-state index is 0.0382. The van der Waals surface area contributed by atoms with Gasteiger partial charge in [0.05, 0.1) is 25.7 Å². The fourth-order valence-corrected chi connectivity index (χ4v) is 1.49. The van der Waals surface area contributed by atoms with E-state index < -0.39 is 0 Å². The number of amides is 1. The van der Waals surface area contributed by atoms with Crippen LogP contribution in [0.25, 0.3) is 0 Å². The maximum atomic E-state index is 11.6.